The fraction of sp³-hybridized carbons (Fsp3) is 0. The van der Waals surface area contributed by atoms with E-state index in [1.54, 1.807) is 0 Å². The molecule has 0 saturated carbocycles. The first kappa shape index (κ1) is 11.9. The lowest BCUT2D eigenvalue weighted by Gasteiger charge is -2.05. The van der Waals surface area contributed by atoms with E-state index in [0.29, 0.717) is 5.69 Å². The van der Waals surface area contributed by atoms with Crippen LogP contribution in [-0.4, -0.2) is 0 Å². The molecule has 2 aromatic rings. The van der Waals surface area contributed by atoms with Crippen LogP contribution < -0.4 is 5.73 Å². The summed E-state index contributed by atoms with van der Waals surface area (Å²) >= 11 is 0.886. The van der Waals surface area contributed by atoms with E-state index >= 15 is 0 Å². The van der Waals surface area contributed by atoms with E-state index < -0.39 is 17.5 Å². The molecule has 17 heavy (non-hydrogen) atoms. The lowest BCUT2D eigenvalue weighted by atomic mass is 10.3. The molecule has 0 heterocycles. The Kier molecular flexibility index (Phi) is 3.28. The maximum atomic E-state index is 13.4. The molecular weight excluding hydrogens is 247 g/mol. The van der Waals surface area contributed by atoms with Gasteiger partial charge in [-0.05, 0) is 30.3 Å². The van der Waals surface area contributed by atoms with Gasteiger partial charge in [-0.3, -0.25) is 0 Å². The third-order valence-corrected chi connectivity index (χ3v) is 3.17. The van der Waals surface area contributed by atoms with Crippen molar-refractivity contribution < 1.29 is 13.2 Å². The highest BCUT2D eigenvalue weighted by Crippen LogP contribution is 2.32. The van der Waals surface area contributed by atoms with Gasteiger partial charge in [-0.15, -0.1) is 0 Å². The second-order valence-electron chi connectivity index (χ2n) is 3.37. The van der Waals surface area contributed by atoms with Crippen molar-refractivity contribution >= 4 is 17.4 Å². The van der Waals surface area contributed by atoms with Gasteiger partial charge < -0.3 is 5.73 Å². The maximum absolute atomic E-state index is 13.4. The Hall–Kier alpha value is -1.62. The number of nitrogen functional groups attached to an aromatic ring is 1. The molecule has 2 N–H and O–H groups in total. The molecular formula is C12H8F3NS. The lowest BCUT2D eigenvalue weighted by molar-refractivity contribution is 0.565. The normalized spacial score (nSPS) is 10.5. The van der Waals surface area contributed by atoms with Crippen molar-refractivity contribution in [2.75, 3.05) is 5.73 Å². The van der Waals surface area contributed by atoms with E-state index in [2.05, 4.69) is 0 Å². The second kappa shape index (κ2) is 4.71. The quantitative estimate of drug-likeness (QED) is 0.825. The number of hydrogen-bond acceptors (Lipinski definition) is 2. The Morgan fingerprint density at radius 2 is 1.41 bits per heavy atom. The summed E-state index contributed by atoms with van der Waals surface area (Å²) in [6, 6.07) is 7.29. The van der Waals surface area contributed by atoms with E-state index in [9.17, 15) is 13.2 Å². The Labute approximate surface area is 100 Å². The van der Waals surface area contributed by atoms with E-state index in [0.717, 1.165) is 30.0 Å². The summed E-state index contributed by atoms with van der Waals surface area (Å²) in [6.45, 7) is 0. The summed E-state index contributed by atoms with van der Waals surface area (Å²) < 4.78 is 39.5. The lowest BCUT2D eigenvalue weighted by Crippen LogP contribution is -1.89. The zero-order chi connectivity index (χ0) is 12.4. The molecule has 0 amide bonds. The average Bonchev–Trinajstić information content (AvgIpc) is 2.25. The molecule has 0 aliphatic rings. The van der Waals surface area contributed by atoms with Gasteiger partial charge >= 0.3 is 0 Å². The van der Waals surface area contributed by atoms with Gasteiger partial charge in [0.25, 0.3) is 0 Å². The van der Waals surface area contributed by atoms with Crippen LogP contribution in [0.2, 0.25) is 0 Å². The Morgan fingerprint density at radius 3 is 2.00 bits per heavy atom. The summed E-state index contributed by atoms with van der Waals surface area (Å²) in [5.74, 6) is -1.91. The Morgan fingerprint density at radius 1 is 0.824 bits per heavy atom. The number of halogens is 3. The van der Waals surface area contributed by atoms with Crippen LogP contribution >= 0.6 is 11.8 Å². The SMILES string of the molecule is Nc1ccc(Sc2ccc(F)cc2F)c(F)c1. The first-order chi connectivity index (χ1) is 8.06. The van der Waals surface area contributed by atoms with Crippen molar-refractivity contribution in [2.24, 2.45) is 0 Å². The summed E-state index contributed by atoms with van der Waals surface area (Å²) in [5, 5.41) is 0. The van der Waals surface area contributed by atoms with Crippen molar-refractivity contribution in [3.05, 3.63) is 53.8 Å². The van der Waals surface area contributed by atoms with Crippen molar-refractivity contribution in [1.29, 1.82) is 0 Å². The van der Waals surface area contributed by atoms with Gasteiger partial charge in [-0.2, -0.15) is 0 Å². The van der Waals surface area contributed by atoms with Crippen molar-refractivity contribution in [1.82, 2.24) is 0 Å². The molecule has 0 atom stereocenters. The summed E-state index contributed by atoms with van der Waals surface area (Å²) in [5.41, 5.74) is 5.70. The monoisotopic (exact) mass is 255 g/mol. The van der Waals surface area contributed by atoms with Crippen LogP contribution in [-0.2, 0) is 0 Å². The minimum atomic E-state index is -0.716. The molecule has 88 valence electrons. The van der Waals surface area contributed by atoms with Crippen LogP contribution in [0.3, 0.4) is 0 Å². The summed E-state index contributed by atoms with van der Waals surface area (Å²) in [7, 11) is 0. The van der Waals surface area contributed by atoms with Crippen LogP contribution in [0.1, 0.15) is 0 Å². The number of hydrogen-bond donors (Lipinski definition) is 1. The zero-order valence-electron chi connectivity index (χ0n) is 8.58. The Bertz CT molecular complexity index is 508. The largest absolute Gasteiger partial charge is 0.399 e. The van der Waals surface area contributed by atoms with Gasteiger partial charge in [-0.25, -0.2) is 13.2 Å². The minimum Gasteiger partial charge on any atom is -0.399 e. The molecule has 0 saturated heterocycles. The van der Waals surface area contributed by atoms with Gasteiger partial charge in [0.05, 0.1) is 0 Å². The molecule has 0 unspecified atom stereocenters. The number of anilines is 1. The fourth-order valence-corrected chi connectivity index (χ4v) is 2.10. The van der Waals surface area contributed by atoms with Crippen molar-refractivity contribution in [2.45, 2.75) is 9.79 Å². The molecule has 5 heteroatoms. The van der Waals surface area contributed by atoms with Crippen LogP contribution in [0, 0.1) is 17.5 Å². The standard InChI is InChI=1S/C12H8F3NS/c13-7-1-3-11(9(14)5-7)17-12-4-2-8(16)6-10(12)15/h1-6H,16H2. The van der Waals surface area contributed by atoms with Gasteiger partial charge in [0.15, 0.2) is 0 Å². The van der Waals surface area contributed by atoms with E-state index in [1.165, 1.54) is 18.2 Å². The average molecular weight is 255 g/mol. The number of benzene rings is 2. The van der Waals surface area contributed by atoms with Gasteiger partial charge in [-0.1, -0.05) is 11.8 Å². The molecule has 1 nitrogen and oxygen atoms in total. The summed E-state index contributed by atoms with van der Waals surface area (Å²) in [4.78, 5) is 0.403. The predicted molar refractivity (Wildman–Crippen MR) is 61.3 cm³/mol. The first-order valence-corrected chi connectivity index (χ1v) is 5.56. The molecule has 0 fully saturated rings. The number of rotatable bonds is 2. The third-order valence-electron chi connectivity index (χ3n) is 2.07. The van der Waals surface area contributed by atoms with E-state index in [4.69, 9.17) is 5.73 Å². The van der Waals surface area contributed by atoms with Gasteiger partial charge in [0.2, 0.25) is 0 Å². The highest BCUT2D eigenvalue weighted by Gasteiger charge is 2.09. The molecule has 2 rings (SSSR count). The predicted octanol–water partition coefficient (Wildman–Crippen LogP) is 3.84. The topological polar surface area (TPSA) is 26.0 Å². The Balaban J connectivity index is 2.31. The number of nitrogens with two attached hydrogens (primary N) is 1. The van der Waals surface area contributed by atoms with Crippen molar-refractivity contribution in [3.8, 4) is 0 Å². The molecule has 0 aromatic heterocycles. The highest BCUT2D eigenvalue weighted by molar-refractivity contribution is 7.99. The maximum Gasteiger partial charge on any atom is 0.140 e. The fourth-order valence-electron chi connectivity index (χ4n) is 1.28. The van der Waals surface area contributed by atoms with Crippen molar-refractivity contribution in [3.63, 3.8) is 0 Å². The molecule has 0 bridgehead atoms. The van der Waals surface area contributed by atoms with Gasteiger partial charge in [0, 0.05) is 21.5 Å². The van der Waals surface area contributed by atoms with E-state index in [-0.39, 0.29) is 9.79 Å². The van der Waals surface area contributed by atoms with E-state index in [1.807, 2.05) is 0 Å². The smallest absolute Gasteiger partial charge is 0.140 e. The summed E-state index contributed by atoms with van der Waals surface area (Å²) in [6.07, 6.45) is 0. The highest BCUT2D eigenvalue weighted by atomic mass is 32.2. The third kappa shape index (κ3) is 2.74. The van der Waals surface area contributed by atoms with Crippen LogP contribution in [0.5, 0.6) is 0 Å². The van der Waals surface area contributed by atoms with Crippen LogP contribution in [0.25, 0.3) is 0 Å². The molecule has 0 aliphatic heterocycles. The zero-order valence-corrected chi connectivity index (χ0v) is 9.40. The molecule has 0 radical (unpaired) electrons. The molecule has 2 aromatic carbocycles. The van der Waals surface area contributed by atoms with Crippen LogP contribution in [0.4, 0.5) is 18.9 Å². The minimum absolute atomic E-state index is 0.162. The first-order valence-electron chi connectivity index (χ1n) is 4.74. The van der Waals surface area contributed by atoms with Crippen LogP contribution in [0.15, 0.2) is 46.2 Å². The molecule has 0 spiro atoms. The van der Waals surface area contributed by atoms with Gasteiger partial charge in [0.1, 0.15) is 17.5 Å². The second-order valence-corrected chi connectivity index (χ2v) is 4.45. The molecule has 0 aliphatic carbocycles.